The van der Waals surface area contributed by atoms with E-state index < -0.39 is 0 Å². The van der Waals surface area contributed by atoms with Crippen LogP contribution in [-0.2, 0) is 13.2 Å². The van der Waals surface area contributed by atoms with E-state index in [4.69, 9.17) is 10.5 Å². The first-order valence-electron chi connectivity index (χ1n) is 5.86. The molecule has 0 unspecified atom stereocenters. The van der Waals surface area contributed by atoms with Gasteiger partial charge in [0, 0.05) is 6.54 Å². The predicted molar refractivity (Wildman–Crippen MR) is 69.8 cm³/mol. The zero-order chi connectivity index (χ0) is 13.0. The molecule has 0 aliphatic rings. The highest BCUT2D eigenvalue weighted by molar-refractivity contribution is 5.36. The zero-order valence-electron chi connectivity index (χ0n) is 10.3. The van der Waals surface area contributed by atoms with Crippen LogP contribution in [0, 0.1) is 12.7 Å². The van der Waals surface area contributed by atoms with Crippen molar-refractivity contribution in [2.75, 3.05) is 0 Å². The van der Waals surface area contributed by atoms with E-state index in [1.807, 2.05) is 31.2 Å². The minimum atomic E-state index is -0.247. The predicted octanol–water partition coefficient (Wildman–Crippen LogP) is 3.17. The average molecular weight is 245 g/mol. The van der Waals surface area contributed by atoms with E-state index in [2.05, 4.69) is 0 Å². The van der Waals surface area contributed by atoms with Gasteiger partial charge in [-0.15, -0.1) is 0 Å². The molecule has 2 nitrogen and oxygen atoms in total. The molecule has 0 amide bonds. The van der Waals surface area contributed by atoms with Gasteiger partial charge in [0.1, 0.15) is 18.2 Å². The fraction of sp³-hybridized carbons (Fsp3) is 0.200. The van der Waals surface area contributed by atoms with Crippen molar-refractivity contribution in [2.24, 2.45) is 5.73 Å². The lowest BCUT2D eigenvalue weighted by Gasteiger charge is -2.10. The van der Waals surface area contributed by atoms with Crippen molar-refractivity contribution < 1.29 is 9.13 Å². The summed E-state index contributed by atoms with van der Waals surface area (Å²) in [6.45, 7) is 2.81. The van der Waals surface area contributed by atoms with Gasteiger partial charge < -0.3 is 10.5 Å². The van der Waals surface area contributed by atoms with Gasteiger partial charge in [-0.2, -0.15) is 0 Å². The maximum atomic E-state index is 13.0. The first-order chi connectivity index (χ1) is 8.69. The lowest BCUT2D eigenvalue weighted by molar-refractivity contribution is 0.303. The van der Waals surface area contributed by atoms with E-state index >= 15 is 0 Å². The summed E-state index contributed by atoms with van der Waals surface area (Å²) >= 11 is 0. The van der Waals surface area contributed by atoms with Gasteiger partial charge in [0.15, 0.2) is 0 Å². The highest BCUT2D eigenvalue weighted by atomic mass is 19.1. The zero-order valence-corrected chi connectivity index (χ0v) is 10.3. The fourth-order valence-corrected chi connectivity index (χ4v) is 1.71. The molecule has 0 bridgehead atoms. The first-order valence-corrected chi connectivity index (χ1v) is 5.86. The maximum absolute atomic E-state index is 13.0. The van der Waals surface area contributed by atoms with E-state index in [1.54, 1.807) is 6.07 Å². The number of aryl methyl sites for hydroxylation is 1. The molecule has 94 valence electrons. The molecule has 2 N–H and O–H groups in total. The van der Waals surface area contributed by atoms with E-state index in [0.29, 0.717) is 13.2 Å². The van der Waals surface area contributed by atoms with Crippen molar-refractivity contribution >= 4 is 0 Å². The molecule has 0 radical (unpaired) electrons. The molecule has 0 saturated carbocycles. The summed E-state index contributed by atoms with van der Waals surface area (Å²) in [6, 6.07) is 12.3. The van der Waals surface area contributed by atoms with Crippen LogP contribution in [0.25, 0.3) is 0 Å². The Bertz CT molecular complexity index is 540. The molecule has 0 aromatic heterocycles. The first kappa shape index (κ1) is 12.6. The van der Waals surface area contributed by atoms with Crippen LogP contribution < -0.4 is 10.5 Å². The van der Waals surface area contributed by atoms with Gasteiger partial charge >= 0.3 is 0 Å². The summed E-state index contributed by atoms with van der Waals surface area (Å²) in [7, 11) is 0. The lowest BCUT2D eigenvalue weighted by Crippen LogP contribution is -2.00. The minimum Gasteiger partial charge on any atom is -0.489 e. The third-order valence-corrected chi connectivity index (χ3v) is 2.77. The van der Waals surface area contributed by atoms with Crippen LogP contribution in [0.5, 0.6) is 5.75 Å². The molecule has 0 atom stereocenters. The third kappa shape index (κ3) is 3.08. The molecule has 0 spiro atoms. The van der Waals surface area contributed by atoms with Crippen LogP contribution in [0.2, 0.25) is 0 Å². The molecule has 3 heteroatoms. The van der Waals surface area contributed by atoms with Crippen LogP contribution in [0.15, 0.2) is 42.5 Å². The number of halogens is 1. The molecular formula is C15H16FNO. The summed E-state index contributed by atoms with van der Waals surface area (Å²) in [5.41, 5.74) is 8.47. The van der Waals surface area contributed by atoms with Crippen molar-refractivity contribution in [1.29, 1.82) is 0 Å². The summed E-state index contributed by atoms with van der Waals surface area (Å²) in [5, 5.41) is 0. The van der Waals surface area contributed by atoms with Crippen LogP contribution in [0.1, 0.15) is 16.7 Å². The molecule has 2 rings (SSSR count). The Kier molecular flexibility index (Phi) is 3.95. The summed E-state index contributed by atoms with van der Waals surface area (Å²) < 4.78 is 18.7. The van der Waals surface area contributed by atoms with Crippen LogP contribution >= 0.6 is 0 Å². The quantitative estimate of drug-likeness (QED) is 0.898. The molecule has 2 aromatic carbocycles. The number of hydrogen-bond acceptors (Lipinski definition) is 2. The number of ether oxygens (including phenoxy) is 1. The Morgan fingerprint density at radius 2 is 1.94 bits per heavy atom. The Hall–Kier alpha value is -1.87. The normalized spacial score (nSPS) is 10.4. The van der Waals surface area contributed by atoms with Gasteiger partial charge in [0.2, 0.25) is 0 Å². The summed E-state index contributed by atoms with van der Waals surface area (Å²) in [6.07, 6.45) is 0. The highest BCUT2D eigenvalue weighted by Gasteiger charge is 2.02. The molecular weight excluding hydrogens is 229 g/mol. The van der Waals surface area contributed by atoms with Crippen LogP contribution in [0.4, 0.5) is 4.39 Å². The topological polar surface area (TPSA) is 35.2 Å². The Morgan fingerprint density at radius 1 is 1.11 bits per heavy atom. The van der Waals surface area contributed by atoms with Crippen molar-refractivity contribution in [1.82, 2.24) is 0 Å². The monoisotopic (exact) mass is 245 g/mol. The number of hydrogen-bond donors (Lipinski definition) is 1. The van der Waals surface area contributed by atoms with E-state index in [9.17, 15) is 4.39 Å². The second kappa shape index (κ2) is 5.65. The molecule has 0 fully saturated rings. The smallest absolute Gasteiger partial charge is 0.123 e. The molecule has 0 aliphatic carbocycles. The molecule has 18 heavy (non-hydrogen) atoms. The van der Waals surface area contributed by atoms with Crippen molar-refractivity contribution in [3.05, 3.63) is 65.0 Å². The Labute approximate surface area is 106 Å². The van der Waals surface area contributed by atoms with E-state index in [0.717, 1.165) is 22.4 Å². The van der Waals surface area contributed by atoms with E-state index in [-0.39, 0.29) is 5.82 Å². The number of nitrogens with two attached hydrogens (primary N) is 1. The van der Waals surface area contributed by atoms with Crippen molar-refractivity contribution in [3.63, 3.8) is 0 Å². The van der Waals surface area contributed by atoms with Crippen LogP contribution in [-0.4, -0.2) is 0 Å². The van der Waals surface area contributed by atoms with Crippen LogP contribution in [0.3, 0.4) is 0 Å². The fourth-order valence-electron chi connectivity index (χ4n) is 1.71. The summed E-state index contributed by atoms with van der Waals surface area (Å²) in [5.74, 6) is 0.547. The van der Waals surface area contributed by atoms with Gasteiger partial charge in [0.25, 0.3) is 0 Å². The van der Waals surface area contributed by atoms with Gasteiger partial charge in [-0.3, -0.25) is 0 Å². The second-order valence-corrected chi connectivity index (χ2v) is 4.22. The number of rotatable bonds is 4. The number of benzene rings is 2. The van der Waals surface area contributed by atoms with Gasteiger partial charge in [-0.1, -0.05) is 24.3 Å². The minimum absolute atomic E-state index is 0.247. The maximum Gasteiger partial charge on any atom is 0.123 e. The Balaban J connectivity index is 2.10. The second-order valence-electron chi connectivity index (χ2n) is 4.22. The van der Waals surface area contributed by atoms with Crippen molar-refractivity contribution in [3.8, 4) is 5.75 Å². The molecule has 2 aromatic rings. The lowest BCUT2D eigenvalue weighted by atomic mass is 10.1. The molecule has 0 heterocycles. The standard InChI is InChI=1S/C15H16FNO/c1-11-5-6-12(9-17)8-15(11)18-10-13-3-2-4-14(16)7-13/h2-8H,9-10,17H2,1H3. The summed E-state index contributed by atoms with van der Waals surface area (Å²) in [4.78, 5) is 0. The van der Waals surface area contributed by atoms with Gasteiger partial charge in [0.05, 0.1) is 0 Å². The van der Waals surface area contributed by atoms with Crippen molar-refractivity contribution in [2.45, 2.75) is 20.1 Å². The largest absolute Gasteiger partial charge is 0.489 e. The van der Waals surface area contributed by atoms with Gasteiger partial charge in [-0.05, 0) is 41.8 Å². The SMILES string of the molecule is Cc1ccc(CN)cc1OCc1cccc(F)c1. The third-order valence-electron chi connectivity index (χ3n) is 2.77. The average Bonchev–Trinajstić information content (AvgIpc) is 2.38. The van der Waals surface area contributed by atoms with E-state index in [1.165, 1.54) is 12.1 Å². The van der Waals surface area contributed by atoms with Gasteiger partial charge in [-0.25, -0.2) is 4.39 Å². The Morgan fingerprint density at radius 3 is 2.67 bits per heavy atom. The molecule has 0 aliphatic heterocycles. The molecule has 0 saturated heterocycles. The highest BCUT2D eigenvalue weighted by Crippen LogP contribution is 2.20.